The lowest BCUT2D eigenvalue weighted by molar-refractivity contribution is -0.120. The standard InChI is InChI=1S/C20H24N2O3/c1-4-8-16-11-14(12-17(24-2)19(16)25-3)13-22-18(20(21)23)15-9-6-5-7-10-15/h4-7,9-12,18,22H,1,8,13H2,2-3H3,(H2,21,23)/t18-/m1/s1. The van der Waals surface area contributed by atoms with Crippen molar-refractivity contribution in [1.29, 1.82) is 0 Å². The molecule has 132 valence electrons. The van der Waals surface area contributed by atoms with Crippen LogP contribution in [0.3, 0.4) is 0 Å². The van der Waals surface area contributed by atoms with Crippen LogP contribution in [0.5, 0.6) is 11.5 Å². The number of benzene rings is 2. The topological polar surface area (TPSA) is 73.6 Å². The highest BCUT2D eigenvalue weighted by atomic mass is 16.5. The monoisotopic (exact) mass is 340 g/mol. The number of nitrogens with two attached hydrogens (primary N) is 1. The number of carbonyl (C=O) groups is 1. The van der Waals surface area contributed by atoms with Gasteiger partial charge in [-0.25, -0.2) is 0 Å². The van der Waals surface area contributed by atoms with Crippen molar-refractivity contribution in [3.63, 3.8) is 0 Å². The van der Waals surface area contributed by atoms with Crippen LogP contribution < -0.4 is 20.5 Å². The quantitative estimate of drug-likeness (QED) is 0.689. The second-order valence-electron chi connectivity index (χ2n) is 5.61. The summed E-state index contributed by atoms with van der Waals surface area (Å²) >= 11 is 0. The lowest BCUT2D eigenvalue weighted by Crippen LogP contribution is -2.33. The summed E-state index contributed by atoms with van der Waals surface area (Å²) in [6.07, 6.45) is 2.47. The van der Waals surface area contributed by atoms with Crippen molar-refractivity contribution in [2.45, 2.75) is 19.0 Å². The van der Waals surface area contributed by atoms with Gasteiger partial charge in [0.15, 0.2) is 11.5 Å². The first-order chi connectivity index (χ1) is 12.1. The van der Waals surface area contributed by atoms with Gasteiger partial charge in [-0.1, -0.05) is 42.5 Å². The molecule has 0 spiro atoms. The molecular weight excluding hydrogens is 316 g/mol. The highest BCUT2D eigenvalue weighted by Gasteiger charge is 2.18. The van der Waals surface area contributed by atoms with E-state index in [1.165, 1.54) is 0 Å². The van der Waals surface area contributed by atoms with Crippen molar-refractivity contribution < 1.29 is 14.3 Å². The van der Waals surface area contributed by atoms with Gasteiger partial charge in [0.05, 0.1) is 14.2 Å². The number of carbonyl (C=O) groups excluding carboxylic acids is 1. The molecule has 2 aromatic carbocycles. The molecule has 5 heteroatoms. The number of hydrogen-bond acceptors (Lipinski definition) is 4. The first-order valence-electron chi connectivity index (χ1n) is 8.03. The Kier molecular flexibility index (Phi) is 6.60. The molecule has 0 bridgehead atoms. The maximum absolute atomic E-state index is 11.8. The molecule has 0 aliphatic heterocycles. The smallest absolute Gasteiger partial charge is 0.239 e. The fourth-order valence-corrected chi connectivity index (χ4v) is 2.76. The number of allylic oxidation sites excluding steroid dienone is 1. The third kappa shape index (κ3) is 4.61. The summed E-state index contributed by atoms with van der Waals surface area (Å²) in [6, 6.07) is 12.8. The van der Waals surface area contributed by atoms with Crippen LogP contribution >= 0.6 is 0 Å². The summed E-state index contributed by atoms with van der Waals surface area (Å²) in [5, 5.41) is 3.21. The molecule has 2 aromatic rings. The first kappa shape index (κ1) is 18.5. The lowest BCUT2D eigenvalue weighted by atomic mass is 10.0. The van der Waals surface area contributed by atoms with Crippen molar-refractivity contribution in [2.75, 3.05) is 14.2 Å². The van der Waals surface area contributed by atoms with Crippen LogP contribution in [-0.4, -0.2) is 20.1 Å². The van der Waals surface area contributed by atoms with Gasteiger partial charge < -0.3 is 15.2 Å². The van der Waals surface area contributed by atoms with Crippen molar-refractivity contribution in [3.05, 3.63) is 71.8 Å². The van der Waals surface area contributed by atoms with Gasteiger partial charge in [0.1, 0.15) is 6.04 Å². The molecule has 0 unspecified atom stereocenters. The number of hydrogen-bond donors (Lipinski definition) is 2. The Morgan fingerprint density at radius 2 is 1.96 bits per heavy atom. The Morgan fingerprint density at radius 1 is 1.24 bits per heavy atom. The summed E-state index contributed by atoms with van der Waals surface area (Å²) in [6.45, 7) is 4.25. The van der Waals surface area contributed by atoms with Crippen LogP contribution in [-0.2, 0) is 17.8 Å². The first-order valence-corrected chi connectivity index (χ1v) is 8.03. The van der Waals surface area contributed by atoms with E-state index in [0.29, 0.717) is 24.5 Å². The average molecular weight is 340 g/mol. The van der Waals surface area contributed by atoms with Gasteiger partial charge in [0.25, 0.3) is 0 Å². The Balaban J connectivity index is 2.25. The van der Waals surface area contributed by atoms with Gasteiger partial charge in [-0.2, -0.15) is 0 Å². The second-order valence-corrected chi connectivity index (χ2v) is 5.61. The minimum atomic E-state index is -0.558. The van der Waals surface area contributed by atoms with E-state index in [0.717, 1.165) is 16.7 Å². The van der Waals surface area contributed by atoms with Crippen LogP contribution in [0.2, 0.25) is 0 Å². The van der Waals surface area contributed by atoms with Gasteiger partial charge in [0.2, 0.25) is 5.91 Å². The minimum absolute atomic E-state index is 0.419. The van der Waals surface area contributed by atoms with E-state index in [-0.39, 0.29) is 0 Å². The highest BCUT2D eigenvalue weighted by Crippen LogP contribution is 2.33. The van der Waals surface area contributed by atoms with Crippen molar-refractivity contribution in [2.24, 2.45) is 5.73 Å². The molecule has 0 aliphatic carbocycles. The van der Waals surface area contributed by atoms with Gasteiger partial charge >= 0.3 is 0 Å². The van der Waals surface area contributed by atoms with Crippen molar-refractivity contribution in [1.82, 2.24) is 5.32 Å². The Morgan fingerprint density at radius 3 is 2.52 bits per heavy atom. The number of ether oxygens (including phenoxy) is 2. The Labute approximate surface area is 148 Å². The SMILES string of the molecule is C=CCc1cc(CN[C@@H](C(N)=O)c2ccccc2)cc(OC)c1OC. The third-order valence-electron chi connectivity index (χ3n) is 3.91. The van der Waals surface area contributed by atoms with E-state index < -0.39 is 11.9 Å². The normalized spacial score (nSPS) is 11.6. The molecule has 2 rings (SSSR count). The van der Waals surface area contributed by atoms with Gasteiger partial charge in [-0.05, 0) is 23.6 Å². The van der Waals surface area contributed by atoms with E-state index >= 15 is 0 Å². The molecule has 0 fully saturated rings. The Hall–Kier alpha value is -2.79. The molecule has 0 heterocycles. The van der Waals surface area contributed by atoms with Gasteiger partial charge in [0, 0.05) is 12.1 Å². The van der Waals surface area contributed by atoms with Crippen LogP contribution in [0.1, 0.15) is 22.7 Å². The summed E-state index contributed by atoms with van der Waals surface area (Å²) in [4.78, 5) is 11.8. The maximum Gasteiger partial charge on any atom is 0.239 e. The zero-order valence-electron chi connectivity index (χ0n) is 14.6. The van der Waals surface area contributed by atoms with E-state index in [9.17, 15) is 4.79 Å². The van der Waals surface area contributed by atoms with E-state index in [4.69, 9.17) is 15.2 Å². The second kappa shape index (κ2) is 8.89. The zero-order chi connectivity index (χ0) is 18.2. The summed E-state index contributed by atoms with van der Waals surface area (Å²) in [5.41, 5.74) is 8.33. The number of methoxy groups -OCH3 is 2. The molecule has 25 heavy (non-hydrogen) atoms. The maximum atomic E-state index is 11.8. The average Bonchev–Trinajstić information content (AvgIpc) is 2.62. The molecule has 0 aromatic heterocycles. The number of nitrogens with one attached hydrogen (secondary N) is 1. The van der Waals surface area contributed by atoms with Gasteiger partial charge in [-0.15, -0.1) is 6.58 Å². The van der Waals surface area contributed by atoms with Crippen molar-refractivity contribution >= 4 is 5.91 Å². The summed E-state index contributed by atoms with van der Waals surface area (Å²) in [5.74, 6) is 0.924. The third-order valence-corrected chi connectivity index (χ3v) is 3.91. The number of primary amides is 1. The molecule has 0 radical (unpaired) electrons. The molecule has 3 N–H and O–H groups in total. The largest absolute Gasteiger partial charge is 0.493 e. The van der Waals surface area contributed by atoms with E-state index in [1.54, 1.807) is 14.2 Å². The van der Waals surface area contributed by atoms with E-state index in [1.807, 2.05) is 48.5 Å². The molecule has 0 aliphatic rings. The van der Waals surface area contributed by atoms with Crippen LogP contribution in [0.25, 0.3) is 0 Å². The fraction of sp³-hybridized carbons (Fsp3) is 0.250. The Bertz CT molecular complexity index is 729. The van der Waals surface area contributed by atoms with Crippen LogP contribution in [0.4, 0.5) is 0 Å². The predicted octanol–water partition coefficient (Wildman–Crippen LogP) is 2.75. The summed E-state index contributed by atoms with van der Waals surface area (Å²) < 4.78 is 10.9. The number of rotatable bonds is 9. The summed E-state index contributed by atoms with van der Waals surface area (Å²) in [7, 11) is 3.21. The van der Waals surface area contributed by atoms with Gasteiger partial charge in [-0.3, -0.25) is 10.1 Å². The minimum Gasteiger partial charge on any atom is -0.493 e. The molecule has 1 amide bonds. The number of amides is 1. The molecule has 0 saturated heterocycles. The molecule has 1 atom stereocenters. The van der Waals surface area contributed by atoms with Crippen LogP contribution in [0.15, 0.2) is 55.1 Å². The zero-order valence-corrected chi connectivity index (χ0v) is 14.6. The molecular formula is C20H24N2O3. The van der Waals surface area contributed by atoms with Crippen molar-refractivity contribution in [3.8, 4) is 11.5 Å². The molecule has 0 saturated carbocycles. The highest BCUT2D eigenvalue weighted by molar-refractivity contribution is 5.81. The fourth-order valence-electron chi connectivity index (χ4n) is 2.76. The molecule has 5 nitrogen and oxygen atoms in total. The predicted molar refractivity (Wildman–Crippen MR) is 98.7 cm³/mol. The lowest BCUT2D eigenvalue weighted by Gasteiger charge is -2.18. The van der Waals surface area contributed by atoms with Crippen LogP contribution in [0, 0.1) is 0 Å². The van der Waals surface area contributed by atoms with E-state index in [2.05, 4.69) is 11.9 Å².